The number of aromatic nitrogens is 5. The lowest BCUT2D eigenvalue weighted by Gasteiger charge is -2.09. The molecular formula is C49H50N14O3S2. The molecule has 0 aliphatic heterocycles. The number of hydrogen-bond acceptors (Lipinski definition) is 16. The molecule has 0 atom stereocenters. The fourth-order valence-electron chi connectivity index (χ4n) is 6.58. The van der Waals surface area contributed by atoms with Crippen molar-refractivity contribution in [2.45, 2.75) is 26.9 Å². The van der Waals surface area contributed by atoms with Gasteiger partial charge < -0.3 is 48.7 Å². The summed E-state index contributed by atoms with van der Waals surface area (Å²) in [6.07, 6.45) is 3.40. The van der Waals surface area contributed by atoms with E-state index in [1.54, 1.807) is 60.9 Å². The molecule has 0 unspecified atom stereocenters. The highest BCUT2D eigenvalue weighted by atomic mass is 32.1. The third kappa shape index (κ3) is 13.0. The number of carbonyl (C=O) groups excluding carboxylic acids is 3. The Kier molecular flexibility index (Phi) is 15.6. The van der Waals surface area contributed by atoms with Crippen LogP contribution in [0.3, 0.4) is 0 Å². The second kappa shape index (κ2) is 22.3. The van der Waals surface area contributed by atoms with Crippen LogP contribution in [-0.4, -0.2) is 68.2 Å². The molecule has 3 amide bonds. The SMILES string of the molecule is Cc1cc(NC(=O)CN(C)C)sc1-c1ccnc(NCc2ccc(C(=O)Nc3ccccc3N)cc2)n1.Cc1nc(N)sc1-c1ccnc(NCc2ccc(C(=O)Nc3ccccc3N)cc2)n1. The van der Waals surface area contributed by atoms with Crippen LogP contribution >= 0.6 is 22.7 Å². The highest BCUT2D eigenvalue weighted by molar-refractivity contribution is 7.19. The number of likely N-dealkylation sites (N-methyl/N-ethyl adjacent to an activating group) is 1. The smallest absolute Gasteiger partial charge is 0.255 e. The van der Waals surface area contributed by atoms with Gasteiger partial charge in [-0.05, 0) is 111 Å². The van der Waals surface area contributed by atoms with Crippen molar-refractivity contribution in [1.82, 2.24) is 29.8 Å². The highest BCUT2D eigenvalue weighted by Gasteiger charge is 2.15. The van der Waals surface area contributed by atoms with Crippen molar-refractivity contribution in [3.63, 3.8) is 0 Å². The number of thiazole rings is 1. The number of benzene rings is 4. The third-order valence-electron chi connectivity index (χ3n) is 9.98. The van der Waals surface area contributed by atoms with Crippen molar-refractivity contribution < 1.29 is 14.4 Å². The maximum Gasteiger partial charge on any atom is 0.255 e. The average Bonchev–Trinajstić information content (AvgIpc) is 3.88. The van der Waals surface area contributed by atoms with E-state index in [1.165, 1.54) is 22.7 Å². The minimum atomic E-state index is -0.225. The number of para-hydroxylation sites is 4. The van der Waals surface area contributed by atoms with Crippen molar-refractivity contribution in [1.29, 1.82) is 0 Å². The zero-order chi connectivity index (χ0) is 48.2. The van der Waals surface area contributed by atoms with Gasteiger partial charge in [-0.25, -0.2) is 24.9 Å². The molecule has 4 aromatic heterocycles. The molecule has 11 N–H and O–H groups in total. The predicted octanol–water partition coefficient (Wildman–Crippen LogP) is 8.40. The second-order valence-electron chi connectivity index (χ2n) is 15.6. The Morgan fingerprint density at radius 3 is 1.53 bits per heavy atom. The Hall–Kier alpha value is -8.26. The van der Waals surface area contributed by atoms with Crippen LogP contribution in [0.15, 0.2) is 128 Å². The first-order valence-corrected chi connectivity index (χ1v) is 22.8. The van der Waals surface area contributed by atoms with Crippen LogP contribution in [-0.2, 0) is 17.9 Å². The molecule has 0 bridgehead atoms. The lowest BCUT2D eigenvalue weighted by molar-refractivity contribution is -0.116. The molecule has 0 spiro atoms. The molecule has 0 saturated heterocycles. The van der Waals surface area contributed by atoms with Gasteiger partial charge in [-0.3, -0.25) is 14.4 Å². The van der Waals surface area contributed by atoms with E-state index >= 15 is 0 Å². The van der Waals surface area contributed by atoms with Crippen molar-refractivity contribution in [2.75, 3.05) is 64.4 Å². The molecule has 346 valence electrons. The number of thiophene rings is 1. The number of aryl methyl sites for hydroxylation is 2. The normalized spacial score (nSPS) is 10.7. The molecule has 4 aromatic carbocycles. The second-order valence-corrected chi connectivity index (χ2v) is 17.7. The van der Waals surface area contributed by atoms with Crippen LogP contribution in [0.2, 0.25) is 0 Å². The molecular weight excluding hydrogens is 897 g/mol. The first-order valence-electron chi connectivity index (χ1n) is 21.2. The van der Waals surface area contributed by atoms with Gasteiger partial charge in [-0.2, -0.15) is 0 Å². The molecule has 0 aliphatic rings. The lowest BCUT2D eigenvalue weighted by Crippen LogP contribution is -2.26. The largest absolute Gasteiger partial charge is 0.397 e. The van der Waals surface area contributed by atoms with E-state index in [2.05, 4.69) is 51.5 Å². The van der Waals surface area contributed by atoms with Gasteiger partial charge in [0.15, 0.2) is 5.13 Å². The predicted molar refractivity (Wildman–Crippen MR) is 275 cm³/mol. The summed E-state index contributed by atoms with van der Waals surface area (Å²) >= 11 is 2.88. The number of anilines is 8. The topological polar surface area (TPSA) is 257 Å². The first-order chi connectivity index (χ1) is 32.8. The van der Waals surface area contributed by atoms with E-state index in [4.69, 9.17) is 17.2 Å². The molecule has 0 aliphatic carbocycles. The summed E-state index contributed by atoms with van der Waals surface area (Å²) in [6, 6.07) is 34.5. The van der Waals surface area contributed by atoms with Gasteiger partial charge in [-0.1, -0.05) is 59.9 Å². The number of nitrogen functional groups attached to an aromatic ring is 3. The highest BCUT2D eigenvalue weighted by Crippen LogP contribution is 2.35. The van der Waals surface area contributed by atoms with Gasteiger partial charge >= 0.3 is 0 Å². The fraction of sp³-hybridized carbons (Fsp3) is 0.143. The Labute approximate surface area is 401 Å². The molecule has 17 nitrogen and oxygen atoms in total. The van der Waals surface area contributed by atoms with Crippen LogP contribution in [0.1, 0.15) is 43.1 Å². The summed E-state index contributed by atoms with van der Waals surface area (Å²) in [6.45, 7) is 5.22. The Morgan fingerprint density at radius 1 is 0.588 bits per heavy atom. The number of nitrogens with zero attached hydrogens (tertiary/aromatic N) is 6. The van der Waals surface area contributed by atoms with Gasteiger partial charge in [0.05, 0.1) is 61.1 Å². The molecule has 0 radical (unpaired) electrons. The van der Waals surface area contributed by atoms with Gasteiger partial charge in [-0.15, -0.1) is 11.3 Å². The summed E-state index contributed by atoms with van der Waals surface area (Å²) in [5.74, 6) is 0.496. The molecule has 68 heavy (non-hydrogen) atoms. The van der Waals surface area contributed by atoms with Crippen molar-refractivity contribution in [2.24, 2.45) is 0 Å². The van der Waals surface area contributed by atoms with Crippen molar-refractivity contribution >= 4 is 85.2 Å². The van der Waals surface area contributed by atoms with Crippen LogP contribution in [0, 0.1) is 13.8 Å². The van der Waals surface area contributed by atoms with Crippen molar-refractivity contribution in [3.05, 3.63) is 161 Å². The summed E-state index contributed by atoms with van der Waals surface area (Å²) in [4.78, 5) is 62.8. The van der Waals surface area contributed by atoms with Gasteiger partial charge in [0, 0.05) is 36.6 Å². The maximum absolute atomic E-state index is 12.5. The monoisotopic (exact) mass is 946 g/mol. The minimum absolute atomic E-state index is 0.0597. The minimum Gasteiger partial charge on any atom is -0.397 e. The van der Waals surface area contributed by atoms with Gasteiger partial charge in [0.25, 0.3) is 11.8 Å². The maximum atomic E-state index is 12.5. The van der Waals surface area contributed by atoms with E-state index in [0.29, 0.717) is 70.5 Å². The Bertz CT molecular complexity index is 3030. The molecule has 8 aromatic rings. The van der Waals surface area contributed by atoms with Crippen molar-refractivity contribution in [3.8, 4) is 21.1 Å². The number of rotatable bonds is 15. The average molecular weight is 947 g/mol. The van der Waals surface area contributed by atoms with E-state index in [-0.39, 0.29) is 17.7 Å². The summed E-state index contributed by atoms with van der Waals surface area (Å²) in [7, 11) is 3.71. The summed E-state index contributed by atoms with van der Waals surface area (Å²) in [5, 5.41) is 16.3. The standard InChI is InChI=1S/C27H29N7O2S.C22H21N7OS/c1-17-14-24(33-23(35)16-34(2)3)37-25(17)22-12-13-29-27(32-22)30-15-18-8-10-19(11-9-18)26(36)31-21-7-5-4-6-20(21)28;1-13-19(31-21(24)27-13)18-10-11-25-22(29-18)26-12-14-6-8-15(9-7-14)20(30)28-17-5-3-2-4-16(17)23/h4-14H,15-16,28H2,1-3H3,(H,31,36)(H,33,35)(H,29,30,32);2-11H,12,23H2,1H3,(H2,24,27)(H,28,30)(H,25,26,29). The summed E-state index contributed by atoms with van der Waals surface area (Å²) in [5.41, 5.74) is 26.3. The van der Waals surface area contributed by atoms with E-state index in [1.807, 2.05) is 99.6 Å². The molecule has 4 heterocycles. The van der Waals surface area contributed by atoms with E-state index in [9.17, 15) is 14.4 Å². The summed E-state index contributed by atoms with van der Waals surface area (Å²) < 4.78 is 0. The number of hydrogen-bond donors (Lipinski definition) is 8. The van der Waals surface area contributed by atoms with E-state index in [0.717, 1.165) is 48.5 Å². The third-order valence-corrected chi connectivity index (χ3v) is 12.2. The molecule has 19 heteroatoms. The zero-order valence-corrected chi connectivity index (χ0v) is 39.3. The van der Waals surface area contributed by atoms with Crippen LogP contribution < -0.4 is 43.8 Å². The quantitative estimate of drug-likeness (QED) is 0.0449. The number of amides is 3. The van der Waals surface area contributed by atoms with Crippen LogP contribution in [0.4, 0.5) is 44.8 Å². The van der Waals surface area contributed by atoms with Crippen LogP contribution in [0.5, 0.6) is 0 Å². The zero-order valence-electron chi connectivity index (χ0n) is 37.7. The Balaban J connectivity index is 0.000000204. The molecule has 8 rings (SSSR count). The molecule has 0 saturated carbocycles. The van der Waals surface area contributed by atoms with Gasteiger partial charge in [0.2, 0.25) is 17.8 Å². The first kappa shape index (κ1) is 47.7. The number of nitrogens with two attached hydrogens (primary N) is 3. The van der Waals surface area contributed by atoms with Gasteiger partial charge in [0.1, 0.15) is 0 Å². The lowest BCUT2D eigenvalue weighted by atomic mass is 10.1. The Morgan fingerprint density at radius 2 is 1.07 bits per heavy atom. The van der Waals surface area contributed by atoms with Crippen LogP contribution in [0.25, 0.3) is 21.1 Å². The van der Waals surface area contributed by atoms with E-state index < -0.39 is 0 Å². The number of carbonyl (C=O) groups is 3. The fourth-order valence-corrected chi connectivity index (χ4v) is 8.44. The number of nitrogens with one attached hydrogen (secondary N) is 5. The molecule has 0 fully saturated rings.